The summed E-state index contributed by atoms with van der Waals surface area (Å²) in [6.45, 7) is 2.46. The van der Waals surface area contributed by atoms with Crippen molar-refractivity contribution in [2.24, 2.45) is 0 Å². The molecule has 2 heterocycles. The quantitative estimate of drug-likeness (QED) is 0.579. The number of alkyl halides is 3. The highest BCUT2D eigenvalue weighted by Gasteiger charge is 2.42. The van der Waals surface area contributed by atoms with Crippen LogP contribution in [0.25, 0.3) is 5.69 Å². The van der Waals surface area contributed by atoms with E-state index < -0.39 is 23.3 Å². The maximum Gasteiger partial charge on any atom is 0.434 e. The molecule has 34 heavy (non-hydrogen) atoms. The van der Waals surface area contributed by atoms with Crippen molar-refractivity contribution in [1.29, 1.82) is 0 Å². The van der Waals surface area contributed by atoms with E-state index in [1.807, 2.05) is 6.92 Å². The molecule has 2 aromatic carbocycles. The summed E-state index contributed by atoms with van der Waals surface area (Å²) in [5, 5.41) is 3.87. The summed E-state index contributed by atoms with van der Waals surface area (Å²) >= 11 is 0. The molecule has 0 radical (unpaired) electrons. The first kappa shape index (κ1) is 23.3. The van der Waals surface area contributed by atoms with Crippen molar-refractivity contribution in [3.63, 3.8) is 0 Å². The lowest BCUT2D eigenvalue weighted by atomic mass is 10.1. The second-order valence-electron chi connectivity index (χ2n) is 7.97. The number of amides is 2. The van der Waals surface area contributed by atoms with E-state index in [2.05, 4.69) is 5.10 Å². The molecule has 7 nitrogen and oxygen atoms in total. The van der Waals surface area contributed by atoms with Gasteiger partial charge in [0.1, 0.15) is 5.75 Å². The van der Waals surface area contributed by atoms with Crippen LogP contribution >= 0.6 is 0 Å². The number of methoxy groups -OCH3 is 1. The van der Waals surface area contributed by atoms with Crippen molar-refractivity contribution in [3.8, 4) is 11.4 Å². The minimum absolute atomic E-state index is 0.113. The van der Waals surface area contributed by atoms with E-state index in [1.54, 1.807) is 41.3 Å². The Morgan fingerprint density at radius 1 is 0.941 bits per heavy atom. The van der Waals surface area contributed by atoms with Crippen molar-refractivity contribution >= 4 is 11.8 Å². The molecular weight excluding hydrogens is 449 g/mol. The van der Waals surface area contributed by atoms with Gasteiger partial charge in [0.15, 0.2) is 5.69 Å². The summed E-state index contributed by atoms with van der Waals surface area (Å²) in [6, 6.07) is 13.1. The zero-order chi connectivity index (χ0) is 24.5. The van der Waals surface area contributed by atoms with E-state index in [-0.39, 0.29) is 37.8 Å². The Bertz CT molecular complexity index is 1200. The van der Waals surface area contributed by atoms with E-state index in [4.69, 9.17) is 4.74 Å². The van der Waals surface area contributed by atoms with Gasteiger partial charge in [-0.1, -0.05) is 23.8 Å². The van der Waals surface area contributed by atoms with Crippen molar-refractivity contribution in [1.82, 2.24) is 19.6 Å². The first-order valence-electron chi connectivity index (χ1n) is 10.6. The third kappa shape index (κ3) is 4.61. The molecular formula is C24H23F3N4O3. The Labute approximate surface area is 194 Å². The number of ether oxygens (including phenoxy) is 1. The van der Waals surface area contributed by atoms with Gasteiger partial charge in [-0.15, -0.1) is 0 Å². The minimum Gasteiger partial charge on any atom is -0.497 e. The van der Waals surface area contributed by atoms with Crippen LogP contribution in [-0.2, 0) is 6.18 Å². The van der Waals surface area contributed by atoms with E-state index in [0.717, 1.165) is 16.4 Å². The highest BCUT2D eigenvalue weighted by atomic mass is 19.4. The summed E-state index contributed by atoms with van der Waals surface area (Å²) in [7, 11) is 1.50. The molecule has 0 N–H and O–H groups in total. The molecule has 178 valence electrons. The summed E-state index contributed by atoms with van der Waals surface area (Å²) < 4.78 is 47.8. The third-order valence-electron chi connectivity index (χ3n) is 5.72. The topological polar surface area (TPSA) is 67.7 Å². The van der Waals surface area contributed by atoms with Gasteiger partial charge in [-0.3, -0.25) is 9.59 Å². The van der Waals surface area contributed by atoms with Gasteiger partial charge in [0, 0.05) is 31.7 Å². The summed E-state index contributed by atoms with van der Waals surface area (Å²) in [5.74, 6) is -0.446. The number of hydrogen-bond donors (Lipinski definition) is 0. The van der Waals surface area contributed by atoms with Crippen LogP contribution in [0.5, 0.6) is 5.75 Å². The van der Waals surface area contributed by atoms with Crippen LogP contribution in [0.3, 0.4) is 0 Å². The van der Waals surface area contributed by atoms with Gasteiger partial charge < -0.3 is 14.5 Å². The Balaban J connectivity index is 1.52. The second-order valence-corrected chi connectivity index (χ2v) is 7.97. The molecule has 1 saturated heterocycles. The summed E-state index contributed by atoms with van der Waals surface area (Å²) in [5.41, 5.74) is -0.0810. The highest BCUT2D eigenvalue weighted by molar-refractivity contribution is 5.97. The third-order valence-corrected chi connectivity index (χ3v) is 5.72. The number of hydrogen-bond acceptors (Lipinski definition) is 4. The van der Waals surface area contributed by atoms with Crippen LogP contribution in [0.4, 0.5) is 13.2 Å². The Morgan fingerprint density at radius 3 is 2.15 bits per heavy atom. The molecule has 0 spiro atoms. The van der Waals surface area contributed by atoms with Crippen LogP contribution in [0, 0.1) is 6.92 Å². The molecule has 1 aliphatic rings. The van der Waals surface area contributed by atoms with Crippen LogP contribution in [0.15, 0.2) is 54.7 Å². The molecule has 1 fully saturated rings. The van der Waals surface area contributed by atoms with Gasteiger partial charge in [-0.05, 0) is 37.3 Å². The van der Waals surface area contributed by atoms with Crippen molar-refractivity contribution in [3.05, 3.63) is 77.1 Å². The number of carbonyl (C=O) groups is 2. The molecule has 0 saturated carbocycles. The first-order valence-corrected chi connectivity index (χ1v) is 10.6. The SMILES string of the molecule is COc1cccc(C(=O)N2CCN(C(=O)c3cnn(-c4ccc(C)cc4)c3C(F)(F)F)CC2)c1. The fourth-order valence-corrected chi connectivity index (χ4v) is 3.88. The number of rotatable bonds is 4. The maximum atomic E-state index is 14.0. The summed E-state index contributed by atoms with van der Waals surface area (Å²) in [6.07, 6.45) is -3.82. The number of benzene rings is 2. The minimum atomic E-state index is -4.78. The summed E-state index contributed by atoms with van der Waals surface area (Å²) in [4.78, 5) is 28.7. The zero-order valence-electron chi connectivity index (χ0n) is 18.7. The first-order chi connectivity index (χ1) is 16.2. The number of aromatic nitrogens is 2. The van der Waals surface area contributed by atoms with E-state index >= 15 is 0 Å². The Morgan fingerprint density at radius 2 is 1.56 bits per heavy atom. The fourth-order valence-electron chi connectivity index (χ4n) is 3.88. The Kier molecular flexibility index (Phi) is 6.32. The molecule has 0 unspecified atom stereocenters. The predicted octanol–water partition coefficient (Wildman–Crippen LogP) is 3.81. The van der Waals surface area contributed by atoms with Crippen molar-refractivity contribution < 1.29 is 27.5 Å². The monoisotopic (exact) mass is 472 g/mol. The average molecular weight is 472 g/mol. The van der Waals surface area contributed by atoms with Crippen LogP contribution in [0.1, 0.15) is 32.0 Å². The lowest BCUT2D eigenvalue weighted by Gasteiger charge is -2.35. The zero-order valence-corrected chi connectivity index (χ0v) is 18.7. The molecule has 2 amide bonds. The van der Waals surface area contributed by atoms with Gasteiger partial charge in [0.2, 0.25) is 0 Å². The van der Waals surface area contributed by atoms with E-state index in [0.29, 0.717) is 11.3 Å². The lowest BCUT2D eigenvalue weighted by Crippen LogP contribution is -2.50. The predicted molar refractivity (Wildman–Crippen MR) is 118 cm³/mol. The van der Waals surface area contributed by atoms with Gasteiger partial charge in [0.25, 0.3) is 11.8 Å². The van der Waals surface area contributed by atoms with Crippen molar-refractivity contribution in [2.45, 2.75) is 13.1 Å². The van der Waals surface area contributed by atoms with Crippen LogP contribution in [-0.4, -0.2) is 64.7 Å². The lowest BCUT2D eigenvalue weighted by molar-refractivity contribution is -0.143. The van der Waals surface area contributed by atoms with Crippen LogP contribution in [0.2, 0.25) is 0 Å². The molecule has 0 atom stereocenters. The smallest absolute Gasteiger partial charge is 0.434 e. The number of nitrogens with zero attached hydrogens (tertiary/aromatic N) is 4. The standard InChI is InChI=1S/C24H23F3N4O3/c1-16-6-8-18(9-7-16)31-21(24(25,26)27)20(15-28-31)23(33)30-12-10-29(11-13-30)22(32)17-4-3-5-19(14-17)34-2/h3-9,14-15H,10-13H2,1-2H3. The molecule has 1 aromatic heterocycles. The fraction of sp³-hybridized carbons (Fsp3) is 0.292. The maximum absolute atomic E-state index is 14.0. The van der Waals surface area contributed by atoms with Crippen LogP contribution < -0.4 is 4.74 Å². The van der Waals surface area contributed by atoms with E-state index in [9.17, 15) is 22.8 Å². The largest absolute Gasteiger partial charge is 0.497 e. The van der Waals surface area contributed by atoms with Gasteiger partial charge >= 0.3 is 6.18 Å². The van der Waals surface area contributed by atoms with Gasteiger partial charge in [0.05, 0.1) is 24.6 Å². The molecule has 10 heteroatoms. The normalized spacial score (nSPS) is 14.3. The Hall–Kier alpha value is -3.82. The highest BCUT2D eigenvalue weighted by Crippen LogP contribution is 2.34. The number of carbonyl (C=O) groups excluding carboxylic acids is 2. The van der Waals surface area contributed by atoms with Crippen molar-refractivity contribution in [2.75, 3.05) is 33.3 Å². The number of piperazine rings is 1. The van der Waals surface area contributed by atoms with E-state index in [1.165, 1.54) is 24.1 Å². The average Bonchev–Trinajstić information content (AvgIpc) is 3.30. The molecule has 4 rings (SSSR count). The molecule has 0 bridgehead atoms. The number of aryl methyl sites for hydroxylation is 1. The number of halogens is 3. The van der Waals surface area contributed by atoms with Gasteiger partial charge in [-0.2, -0.15) is 18.3 Å². The second kappa shape index (κ2) is 9.20. The molecule has 1 aliphatic heterocycles. The molecule has 3 aromatic rings. The molecule has 0 aliphatic carbocycles. The van der Waals surface area contributed by atoms with Gasteiger partial charge in [-0.25, -0.2) is 4.68 Å².